The third-order valence-electron chi connectivity index (χ3n) is 5.84. The van der Waals surface area contributed by atoms with Crippen molar-refractivity contribution in [1.29, 1.82) is 10.5 Å². The molecule has 2 aliphatic rings. The van der Waals surface area contributed by atoms with Gasteiger partial charge < -0.3 is 43.4 Å². The molecule has 0 bridgehead atoms. The van der Waals surface area contributed by atoms with E-state index in [2.05, 4.69) is 6.07 Å². The van der Waals surface area contributed by atoms with E-state index in [4.69, 9.17) is 48.8 Å². The van der Waals surface area contributed by atoms with Gasteiger partial charge in [-0.1, -0.05) is 0 Å². The van der Waals surface area contributed by atoms with Crippen molar-refractivity contribution in [3.05, 3.63) is 35.4 Å². The second kappa shape index (κ2) is 16.8. The molecule has 2 aromatic rings. The van der Waals surface area contributed by atoms with Crippen molar-refractivity contribution in [2.75, 3.05) is 54.9 Å². The molecule has 39 heavy (non-hydrogen) atoms. The fourth-order valence-electron chi connectivity index (χ4n) is 3.66. The van der Waals surface area contributed by atoms with E-state index in [1.54, 1.807) is 26.4 Å². The van der Waals surface area contributed by atoms with Gasteiger partial charge in [-0.15, -0.1) is 0 Å². The normalized spacial score (nSPS) is 15.2. The SMILES string of the molecule is COc1cc(C#N)cc(OC)c1O.COc1cc(C#N)cc(OC)c1OC1CCOCC1.OC1CCOCC1. The van der Waals surface area contributed by atoms with Crippen LogP contribution in [0.1, 0.15) is 36.8 Å². The molecule has 2 heterocycles. The molecular formula is C28H36N2O9. The van der Waals surface area contributed by atoms with Gasteiger partial charge in [0, 0.05) is 50.3 Å². The van der Waals surface area contributed by atoms with Crippen LogP contribution < -0.4 is 23.7 Å². The number of aliphatic hydroxyl groups is 1. The van der Waals surface area contributed by atoms with E-state index in [0.717, 1.165) is 38.9 Å². The van der Waals surface area contributed by atoms with E-state index in [0.29, 0.717) is 41.6 Å². The third kappa shape index (κ3) is 9.73. The van der Waals surface area contributed by atoms with Crippen LogP contribution in [0.25, 0.3) is 0 Å². The van der Waals surface area contributed by atoms with E-state index in [-0.39, 0.29) is 29.5 Å². The lowest BCUT2D eigenvalue weighted by Crippen LogP contribution is -2.26. The number of aliphatic hydroxyl groups excluding tert-OH is 1. The van der Waals surface area contributed by atoms with Crippen LogP contribution in [0.3, 0.4) is 0 Å². The van der Waals surface area contributed by atoms with Crippen LogP contribution in [0, 0.1) is 22.7 Å². The predicted molar refractivity (Wildman–Crippen MR) is 141 cm³/mol. The summed E-state index contributed by atoms with van der Waals surface area (Å²) in [5.41, 5.74) is 0.861. The Morgan fingerprint density at radius 1 is 0.692 bits per heavy atom. The van der Waals surface area contributed by atoms with Crippen molar-refractivity contribution in [3.8, 4) is 46.6 Å². The van der Waals surface area contributed by atoms with Crippen molar-refractivity contribution < 1.29 is 43.4 Å². The second-order valence-electron chi connectivity index (χ2n) is 8.44. The van der Waals surface area contributed by atoms with Gasteiger partial charge in [-0.2, -0.15) is 10.5 Å². The molecule has 11 nitrogen and oxygen atoms in total. The maximum atomic E-state index is 9.45. The molecule has 0 aromatic heterocycles. The number of rotatable bonds is 6. The van der Waals surface area contributed by atoms with Gasteiger partial charge in [0.15, 0.2) is 23.0 Å². The Balaban J connectivity index is 0.000000229. The molecule has 11 heteroatoms. The van der Waals surface area contributed by atoms with E-state index in [1.807, 2.05) is 6.07 Å². The van der Waals surface area contributed by atoms with Crippen molar-refractivity contribution in [2.24, 2.45) is 0 Å². The van der Waals surface area contributed by atoms with Gasteiger partial charge in [0.25, 0.3) is 0 Å². The average molecular weight is 545 g/mol. The van der Waals surface area contributed by atoms with Crippen LogP contribution in [0.5, 0.6) is 34.5 Å². The predicted octanol–water partition coefficient (Wildman–Crippen LogP) is 3.57. The summed E-state index contributed by atoms with van der Waals surface area (Å²) in [6.45, 7) is 2.87. The highest BCUT2D eigenvalue weighted by molar-refractivity contribution is 5.57. The molecule has 2 aliphatic heterocycles. The molecular weight excluding hydrogens is 508 g/mol. The summed E-state index contributed by atoms with van der Waals surface area (Å²) in [5, 5.41) is 35.9. The number of nitrogens with zero attached hydrogens (tertiary/aromatic N) is 2. The molecule has 0 saturated carbocycles. The standard InChI is InChI=1S/C14H17NO4.C9H9NO3.C5H10O2/c1-16-12-7-10(9-15)8-13(17-2)14(12)19-11-3-5-18-6-4-11;1-12-7-3-6(5-10)4-8(13-2)9(7)11;6-5-1-3-7-4-2-5/h7-8,11H,3-6H2,1-2H3;3-4,11H,1-2H3;5-6H,1-4H2. The first-order valence-electron chi connectivity index (χ1n) is 12.4. The molecule has 2 fully saturated rings. The highest BCUT2D eigenvalue weighted by atomic mass is 16.5. The minimum atomic E-state index is -0.0935. The van der Waals surface area contributed by atoms with Gasteiger partial charge in [0.1, 0.15) is 6.10 Å². The average Bonchev–Trinajstić information content (AvgIpc) is 2.99. The maximum absolute atomic E-state index is 9.45. The first-order chi connectivity index (χ1) is 18.9. The lowest BCUT2D eigenvalue weighted by atomic mass is 10.1. The van der Waals surface area contributed by atoms with E-state index in [1.165, 1.54) is 26.4 Å². The Kier molecular flexibility index (Phi) is 13.5. The molecule has 0 atom stereocenters. The van der Waals surface area contributed by atoms with Crippen LogP contribution in [0.4, 0.5) is 0 Å². The maximum Gasteiger partial charge on any atom is 0.203 e. The fourth-order valence-corrected chi connectivity index (χ4v) is 3.66. The molecule has 0 aliphatic carbocycles. The van der Waals surface area contributed by atoms with Crippen molar-refractivity contribution >= 4 is 0 Å². The highest BCUT2D eigenvalue weighted by Crippen LogP contribution is 2.40. The zero-order valence-corrected chi connectivity index (χ0v) is 22.8. The quantitative estimate of drug-likeness (QED) is 0.549. The van der Waals surface area contributed by atoms with Crippen LogP contribution >= 0.6 is 0 Å². The number of nitriles is 2. The Bertz CT molecular complexity index is 1060. The molecule has 2 aromatic carbocycles. The molecule has 4 rings (SSSR count). The molecule has 2 saturated heterocycles. The van der Waals surface area contributed by atoms with E-state index in [9.17, 15) is 5.11 Å². The lowest BCUT2D eigenvalue weighted by Gasteiger charge is -2.25. The number of ether oxygens (including phenoxy) is 7. The largest absolute Gasteiger partial charge is 0.502 e. The number of methoxy groups -OCH3 is 4. The summed E-state index contributed by atoms with van der Waals surface area (Å²) in [6.07, 6.45) is 3.32. The van der Waals surface area contributed by atoms with E-state index < -0.39 is 0 Å². The number of phenols is 1. The number of phenolic OH excluding ortho intramolecular Hbond substituents is 1. The van der Waals surface area contributed by atoms with Gasteiger partial charge >= 0.3 is 0 Å². The zero-order valence-electron chi connectivity index (χ0n) is 22.8. The lowest BCUT2D eigenvalue weighted by molar-refractivity contribution is 0.0140. The smallest absolute Gasteiger partial charge is 0.203 e. The molecule has 212 valence electrons. The molecule has 0 spiro atoms. The minimum Gasteiger partial charge on any atom is -0.502 e. The molecule has 0 amide bonds. The topological polar surface area (TPSA) is 153 Å². The summed E-state index contributed by atoms with van der Waals surface area (Å²) >= 11 is 0. The van der Waals surface area contributed by atoms with E-state index >= 15 is 0 Å². The highest BCUT2D eigenvalue weighted by Gasteiger charge is 2.21. The zero-order chi connectivity index (χ0) is 28.6. The minimum absolute atomic E-state index is 0.0875. The van der Waals surface area contributed by atoms with Gasteiger partial charge in [-0.05, 0) is 12.8 Å². The van der Waals surface area contributed by atoms with Gasteiger partial charge in [0.2, 0.25) is 11.5 Å². The fraction of sp³-hybridized carbons (Fsp3) is 0.500. The number of benzene rings is 2. The number of hydrogen-bond donors (Lipinski definition) is 2. The monoisotopic (exact) mass is 544 g/mol. The summed E-state index contributed by atoms with van der Waals surface area (Å²) in [4.78, 5) is 0. The van der Waals surface area contributed by atoms with Gasteiger partial charge in [-0.25, -0.2) is 0 Å². The first kappa shape index (κ1) is 31.3. The van der Waals surface area contributed by atoms with Crippen molar-refractivity contribution in [3.63, 3.8) is 0 Å². The summed E-state index contributed by atoms with van der Waals surface area (Å²) in [6, 6.07) is 10.2. The van der Waals surface area contributed by atoms with Crippen LogP contribution in [0.15, 0.2) is 24.3 Å². The molecule has 0 radical (unpaired) electrons. The molecule has 2 N–H and O–H groups in total. The Labute approximate surface area is 228 Å². The summed E-state index contributed by atoms with van der Waals surface area (Å²) in [7, 11) is 5.92. The van der Waals surface area contributed by atoms with Gasteiger partial charge in [-0.3, -0.25) is 0 Å². The first-order valence-corrected chi connectivity index (χ1v) is 12.4. The van der Waals surface area contributed by atoms with Crippen LogP contribution in [-0.2, 0) is 9.47 Å². The Hall–Kier alpha value is -3.90. The van der Waals surface area contributed by atoms with Crippen LogP contribution in [-0.4, -0.2) is 77.3 Å². The number of hydrogen-bond acceptors (Lipinski definition) is 11. The summed E-state index contributed by atoms with van der Waals surface area (Å²) in [5.74, 6) is 1.96. The third-order valence-corrected chi connectivity index (χ3v) is 5.84. The summed E-state index contributed by atoms with van der Waals surface area (Å²) < 4.78 is 36.5. The number of aromatic hydroxyl groups is 1. The van der Waals surface area contributed by atoms with Crippen molar-refractivity contribution in [2.45, 2.75) is 37.9 Å². The second-order valence-corrected chi connectivity index (χ2v) is 8.44. The molecule has 0 unspecified atom stereocenters. The Morgan fingerprint density at radius 3 is 1.41 bits per heavy atom. The Morgan fingerprint density at radius 2 is 1.08 bits per heavy atom. The van der Waals surface area contributed by atoms with Crippen LogP contribution in [0.2, 0.25) is 0 Å². The van der Waals surface area contributed by atoms with Crippen molar-refractivity contribution in [1.82, 2.24) is 0 Å². The van der Waals surface area contributed by atoms with Gasteiger partial charge in [0.05, 0.1) is 71.0 Å².